The van der Waals surface area contributed by atoms with E-state index >= 15 is 0 Å². The lowest BCUT2D eigenvalue weighted by atomic mass is 9.96. The quantitative estimate of drug-likeness (QED) is 0.665. The molecule has 102 valence electrons. The van der Waals surface area contributed by atoms with Crippen LogP contribution in [-0.2, 0) is 0 Å². The van der Waals surface area contributed by atoms with E-state index in [1.807, 2.05) is 13.0 Å². The van der Waals surface area contributed by atoms with Crippen LogP contribution in [0.4, 0.5) is 5.69 Å². The molecular weight excluding hydrogens is 262 g/mol. The Kier molecular flexibility index (Phi) is 3.83. The summed E-state index contributed by atoms with van der Waals surface area (Å²) in [7, 11) is 1.62. The molecule has 1 aromatic carbocycles. The van der Waals surface area contributed by atoms with E-state index in [-0.39, 0.29) is 0 Å². The van der Waals surface area contributed by atoms with E-state index in [1.54, 1.807) is 13.2 Å². The maximum atomic E-state index is 6.23. The molecule has 0 bridgehead atoms. The second-order valence-electron chi connectivity index (χ2n) is 4.76. The van der Waals surface area contributed by atoms with Gasteiger partial charge >= 0.3 is 0 Å². The standard InChI is InChI=1S/C14H18ClN3O/c1-7(2)11-8(3)17-13-9(15)5-6-10(19-4)12(13)14(11)18-16/h5-7H,16H2,1-4H3,(H,17,18). The van der Waals surface area contributed by atoms with Crippen LogP contribution < -0.4 is 16.0 Å². The second-order valence-corrected chi connectivity index (χ2v) is 5.17. The average Bonchev–Trinajstić information content (AvgIpc) is 2.38. The zero-order valence-electron chi connectivity index (χ0n) is 11.5. The van der Waals surface area contributed by atoms with Crippen LogP contribution in [0.25, 0.3) is 10.9 Å². The van der Waals surface area contributed by atoms with Crippen LogP contribution >= 0.6 is 11.6 Å². The number of nitrogens with two attached hydrogens (primary N) is 1. The molecule has 19 heavy (non-hydrogen) atoms. The summed E-state index contributed by atoms with van der Waals surface area (Å²) in [6, 6.07) is 3.61. The third kappa shape index (κ3) is 2.22. The third-order valence-corrected chi connectivity index (χ3v) is 3.53. The van der Waals surface area contributed by atoms with E-state index in [0.717, 1.165) is 22.3 Å². The van der Waals surface area contributed by atoms with Crippen LogP contribution in [0.2, 0.25) is 5.02 Å². The smallest absolute Gasteiger partial charge is 0.130 e. The fourth-order valence-corrected chi connectivity index (χ4v) is 2.67. The number of hydrogen-bond donors (Lipinski definition) is 2. The Balaban J connectivity index is 2.98. The van der Waals surface area contributed by atoms with Crippen molar-refractivity contribution in [2.75, 3.05) is 12.5 Å². The molecule has 4 nitrogen and oxygen atoms in total. The molecule has 5 heteroatoms. The summed E-state index contributed by atoms with van der Waals surface area (Å²) < 4.78 is 5.41. The van der Waals surface area contributed by atoms with Crippen LogP contribution in [0, 0.1) is 6.92 Å². The minimum absolute atomic E-state index is 0.298. The number of nitrogens with one attached hydrogen (secondary N) is 1. The Morgan fingerprint density at radius 3 is 2.58 bits per heavy atom. The van der Waals surface area contributed by atoms with Gasteiger partial charge in [0.15, 0.2) is 0 Å². The van der Waals surface area contributed by atoms with Crippen molar-refractivity contribution in [2.24, 2.45) is 5.84 Å². The number of methoxy groups -OCH3 is 1. The molecule has 0 aliphatic heterocycles. The van der Waals surface area contributed by atoms with Crippen molar-refractivity contribution >= 4 is 28.2 Å². The predicted octanol–water partition coefficient (Wildman–Crippen LogP) is 3.61. The molecule has 0 radical (unpaired) electrons. The highest BCUT2D eigenvalue weighted by atomic mass is 35.5. The van der Waals surface area contributed by atoms with Gasteiger partial charge in [0.25, 0.3) is 0 Å². The Labute approximate surface area is 117 Å². The van der Waals surface area contributed by atoms with E-state index in [0.29, 0.717) is 22.2 Å². The molecule has 0 spiro atoms. The molecule has 2 rings (SSSR count). The van der Waals surface area contributed by atoms with Gasteiger partial charge in [-0.3, -0.25) is 10.8 Å². The van der Waals surface area contributed by atoms with Gasteiger partial charge in [-0.15, -0.1) is 0 Å². The third-order valence-electron chi connectivity index (χ3n) is 3.22. The lowest BCUT2D eigenvalue weighted by Crippen LogP contribution is -2.13. The zero-order chi connectivity index (χ0) is 14.2. The van der Waals surface area contributed by atoms with Crippen molar-refractivity contribution < 1.29 is 4.74 Å². The van der Waals surface area contributed by atoms with E-state index < -0.39 is 0 Å². The van der Waals surface area contributed by atoms with E-state index in [1.165, 1.54) is 0 Å². The fraction of sp³-hybridized carbons (Fsp3) is 0.357. The van der Waals surface area contributed by atoms with Gasteiger partial charge in [-0.2, -0.15) is 0 Å². The van der Waals surface area contributed by atoms with Gasteiger partial charge in [-0.05, 0) is 25.0 Å². The summed E-state index contributed by atoms with van der Waals surface area (Å²) >= 11 is 6.23. The van der Waals surface area contributed by atoms with E-state index in [9.17, 15) is 0 Å². The van der Waals surface area contributed by atoms with Crippen molar-refractivity contribution in [2.45, 2.75) is 26.7 Å². The Bertz CT molecular complexity index is 626. The number of benzene rings is 1. The molecule has 0 atom stereocenters. The monoisotopic (exact) mass is 279 g/mol. The van der Waals surface area contributed by atoms with Crippen LogP contribution in [0.5, 0.6) is 5.75 Å². The molecule has 0 saturated heterocycles. The number of rotatable bonds is 3. The maximum Gasteiger partial charge on any atom is 0.130 e. The molecule has 2 aromatic rings. The normalized spacial score (nSPS) is 11.1. The number of aryl methyl sites for hydroxylation is 1. The van der Waals surface area contributed by atoms with E-state index in [2.05, 4.69) is 24.3 Å². The molecule has 0 unspecified atom stereocenters. The van der Waals surface area contributed by atoms with E-state index in [4.69, 9.17) is 22.2 Å². The van der Waals surface area contributed by atoms with Gasteiger partial charge in [-0.25, -0.2) is 0 Å². The molecule has 0 aliphatic carbocycles. The Hall–Kier alpha value is -1.52. The van der Waals surface area contributed by atoms with Crippen molar-refractivity contribution in [3.8, 4) is 5.75 Å². The highest BCUT2D eigenvalue weighted by Crippen LogP contribution is 2.40. The number of fused-ring (bicyclic) bond motifs is 1. The summed E-state index contributed by atoms with van der Waals surface area (Å²) in [5.41, 5.74) is 6.32. The average molecular weight is 280 g/mol. The minimum atomic E-state index is 0.298. The van der Waals surface area contributed by atoms with Crippen molar-refractivity contribution in [3.05, 3.63) is 28.4 Å². The van der Waals surface area contributed by atoms with Gasteiger partial charge in [0.1, 0.15) is 5.75 Å². The highest BCUT2D eigenvalue weighted by molar-refractivity contribution is 6.35. The molecule has 0 amide bonds. The first-order chi connectivity index (χ1) is 9.01. The number of nitrogens with zero attached hydrogens (tertiary/aromatic N) is 1. The summed E-state index contributed by atoms with van der Waals surface area (Å²) in [6.45, 7) is 6.17. The largest absolute Gasteiger partial charge is 0.496 e. The van der Waals surface area contributed by atoms with Gasteiger partial charge < -0.3 is 10.2 Å². The summed E-state index contributed by atoms with van der Waals surface area (Å²) in [6.07, 6.45) is 0. The highest BCUT2D eigenvalue weighted by Gasteiger charge is 2.19. The molecule has 0 aliphatic rings. The van der Waals surface area contributed by atoms with Gasteiger partial charge in [0.05, 0.1) is 28.7 Å². The maximum absolute atomic E-state index is 6.23. The van der Waals surface area contributed by atoms with Crippen LogP contribution in [-0.4, -0.2) is 12.1 Å². The van der Waals surface area contributed by atoms with Crippen LogP contribution in [0.3, 0.4) is 0 Å². The first-order valence-electron chi connectivity index (χ1n) is 6.14. The summed E-state index contributed by atoms with van der Waals surface area (Å²) in [5.74, 6) is 6.73. The number of nitrogen functional groups attached to an aromatic ring is 1. The number of pyridine rings is 1. The minimum Gasteiger partial charge on any atom is -0.496 e. The van der Waals surface area contributed by atoms with Crippen molar-refractivity contribution in [1.82, 2.24) is 4.98 Å². The lowest BCUT2D eigenvalue weighted by Gasteiger charge is -2.19. The summed E-state index contributed by atoms with van der Waals surface area (Å²) in [4.78, 5) is 4.61. The fourth-order valence-electron chi connectivity index (χ4n) is 2.47. The molecule has 3 N–H and O–H groups in total. The number of halogens is 1. The molecule has 1 aromatic heterocycles. The number of ether oxygens (including phenoxy) is 1. The molecule has 0 fully saturated rings. The van der Waals surface area contributed by atoms with Gasteiger partial charge in [0.2, 0.25) is 0 Å². The number of aromatic nitrogens is 1. The van der Waals surface area contributed by atoms with Crippen LogP contribution in [0.15, 0.2) is 12.1 Å². The molecular formula is C14H18ClN3O. The second kappa shape index (κ2) is 5.23. The molecule has 0 saturated carbocycles. The van der Waals surface area contributed by atoms with Crippen molar-refractivity contribution in [3.63, 3.8) is 0 Å². The summed E-state index contributed by atoms with van der Waals surface area (Å²) in [5, 5.41) is 1.41. The Morgan fingerprint density at radius 2 is 2.05 bits per heavy atom. The number of anilines is 1. The van der Waals surface area contributed by atoms with Crippen LogP contribution in [0.1, 0.15) is 31.0 Å². The topological polar surface area (TPSA) is 60.2 Å². The predicted molar refractivity (Wildman–Crippen MR) is 79.9 cm³/mol. The Morgan fingerprint density at radius 1 is 1.37 bits per heavy atom. The first-order valence-corrected chi connectivity index (χ1v) is 6.52. The molecule has 1 heterocycles. The first kappa shape index (κ1) is 13.9. The number of hydrogen-bond acceptors (Lipinski definition) is 4. The lowest BCUT2D eigenvalue weighted by molar-refractivity contribution is 0.420. The SMILES string of the molecule is COc1ccc(Cl)c2nc(C)c(C(C)C)c(NN)c12. The van der Waals surface area contributed by atoms with Crippen molar-refractivity contribution in [1.29, 1.82) is 0 Å². The van der Waals surface area contributed by atoms with Gasteiger partial charge in [0, 0.05) is 11.3 Å². The number of hydrazine groups is 1. The zero-order valence-corrected chi connectivity index (χ0v) is 12.3. The van der Waals surface area contributed by atoms with Gasteiger partial charge in [-0.1, -0.05) is 25.4 Å².